The van der Waals surface area contributed by atoms with Crippen LogP contribution in [0.3, 0.4) is 0 Å². The first-order valence-electron chi connectivity index (χ1n) is 7.73. The molecule has 0 radical (unpaired) electrons. The van der Waals surface area contributed by atoms with Crippen molar-refractivity contribution >= 4 is 5.91 Å². The van der Waals surface area contributed by atoms with Gasteiger partial charge >= 0.3 is 0 Å². The van der Waals surface area contributed by atoms with Gasteiger partial charge in [-0.05, 0) is 36.5 Å². The number of hydrogen-bond donors (Lipinski definition) is 1. The second-order valence-electron chi connectivity index (χ2n) is 7.64. The third-order valence-corrected chi connectivity index (χ3v) is 4.29. The summed E-state index contributed by atoms with van der Waals surface area (Å²) in [5.41, 5.74) is 0.101. The lowest BCUT2D eigenvalue weighted by Gasteiger charge is -2.27. The lowest BCUT2D eigenvalue weighted by molar-refractivity contribution is -0.124. The van der Waals surface area contributed by atoms with E-state index in [4.69, 9.17) is 0 Å². The highest BCUT2D eigenvalue weighted by molar-refractivity contribution is 5.76. The van der Waals surface area contributed by atoms with Crippen LogP contribution in [0.5, 0.6) is 0 Å². The van der Waals surface area contributed by atoms with Crippen molar-refractivity contribution in [2.75, 3.05) is 0 Å². The van der Waals surface area contributed by atoms with Crippen molar-refractivity contribution in [3.8, 4) is 0 Å². The molecule has 1 N–H and O–H groups in total. The van der Waals surface area contributed by atoms with Crippen molar-refractivity contribution in [3.63, 3.8) is 0 Å². The molecule has 2 saturated carbocycles. The molecule has 0 aliphatic heterocycles. The Labute approximate surface area is 112 Å². The van der Waals surface area contributed by atoms with E-state index in [1.807, 2.05) is 0 Å². The van der Waals surface area contributed by atoms with Crippen LogP contribution in [0.4, 0.5) is 0 Å². The Balaban J connectivity index is 1.85. The van der Waals surface area contributed by atoms with E-state index in [-0.39, 0.29) is 11.3 Å². The molecule has 2 fully saturated rings. The predicted octanol–water partition coefficient (Wildman–Crippen LogP) is 3.90. The summed E-state index contributed by atoms with van der Waals surface area (Å²) in [7, 11) is 0. The van der Waals surface area contributed by atoms with Gasteiger partial charge in [-0.15, -0.1) is 0 Å². The van der Waals surface area contributed by atoms with Crippen molar-refractivity contribution in [1.29, 1.82) is 0 Å². The van der Waals surface area contributed by atoms with Gasteiger partial charge in [0, 0.05) is 12.5 Å². The van der Waals surface area contributed by atoms with Gasteiger partial charge in [-0.25, -0.2) is 0 Å². The van der Waals surface area contributed by atoms with E-state index in [1.165, 1.54) is 44.9 Å². The number of carbonyl (C=O) groups excluding carboxylic acids is 1. The van der Waals surface area contributed by atoms with Gasteiger partial charge < -0.3 is 5.32 Å². The minimum absolute atomic E-state index is 0.101. The van der Waals surface area contributed by atoms with Crippen LogP contribution in [0, 0.1) is 17.3 Å². The molecule has 0 bridgehead atoms. The standard InChI is InChI=1S/C16H29NO/c1-16(2,3)11-15(18)17-14(10-12-8-9-12)13-6-4-5-7-13/h12-14H,4-11H2,1-3H3,(H,17,18). The summed E-state index contributed by atoms with van der Waals surface area (Å²) in [6.07, 6.45) is 10.0. The fraction of sp³-hybridized carbons (Fsp3) is 0.938. The molecule has 0 aromatic heterocycles. The molecular weight excluding hydrogens is 222 g/mol. The minimum Gasteiger partial charge on any atom is -0.353 e. The van der Waals surface area contributed by atoms with Crippen LogP contribution in [0.15, 0.2) is 0 Å². The summed E-state index contributed by atoms with van der Waals surface area (Å²) in [6.45, 7) is 6.41. The third-order valence-electron chi connectivity index (χ3n) is 4.29. The molecule has 18 heavy (non-hydrogen) atoms. The molecule has 104 valence electrons. The molecule has 0 saturated heterocycles. The molecule has 2 rings (SSSR count). The fourth-order valence-corrected chi connectivity index (χ4v) is 3.18. The van der Waals surface area contributed by atoms with Gasteiger partial charge in [0.05, 0.1) is 0 Å². The van der Waals surface area contributed by atoms with Gasteiger partial charge in [-0.1, -0.05) is 46.5 Å². The van der Waals surface area contributed by atoms with Gasteiger partial charge in [0.25, 0.3) is 0 Å². The molecule has 2 heteroatoms. The Morgan fingerprint density at radius 2 is 1.78 bits per heavy atom. The zero-order valence-electron chi connectivity index (χ0n) is 12.3. The van der Waals surface area contributed by atoms with Crippen LogP contribution in [-0.4, -0.2) is 11.9 Å². The van der Waals surface area contributed by atoms with E-state index in [0.29, 0.717) is 12.5 Å². The third kappa shape index (κ3) is 4.62. The van der Waals surface area contributed by atoms with Gasteiger partial charge in [0.1, 0.15) is 0 Å². The maximum atomic E-state index is 12.1. The Bertz CT molecular complexity index is 282. The Kier molecular flexibility index (Phi) is 4.34. The van der Waals surface area contributed by atoms with E-state index in [9.17, 15) is 4.79 Å². The van der Waals surface area contributed by atoms with E-state index in [1.54, 1.807) is 0 Å². The first-order valence-corrected chi connectivity index (χ1v) is 7.73. The number of carbonyl (C=O) groups is 1. The topological polar surface area (TPSA) is 29.1 Å². The highest BCUT2D eigenvalue weighted by atomic mass is 16.1. The predicted molar refractivity (Wildman–Crippen MR) is 75.3 cm³/mol. The average molecular weight is 251 g/mol. The minimum atomic E-state index is 0.101. The van der Waals surface area contributed by atoms with E-state index in [2.05, 4.69) is 26.1 Å². The van der Waals surface area contributed by atoms with Crippen LogP contribution >= 0.6 is 0 Å². The van der Waals surface area contributed by atoms with Gasteiger partial charge in [0.15, 0.2) is 0 Å². The highest BCUT2D eigenvalue weighted by Gasteiger charge is 2.32. The van der Waals surface area contributed by atoms with Crippen molar-refractivity contribution in [3.05, 3.63) is 0 Å². The van der Waals surface area contributed by atoms with Gasteiger partial charge in [-0.3, -0.25) is 4.79 Å². The molecule has 1 unspecified atom stereocenters. The molecule has 0 heterocycles. The zero-order chi connectivity index (χ0) is 13.2. The molecule has 2 nitrogen and oxygen atoms in total. The summed E-state index contributed by atoms with van der Waals surface area (Å²) in [5.74, 6) is 1.93. The highest BCUT2D eigenvalue weighted by Crippen LogP contribution is 2.38. The number of amides is 1. The molecular formula is C16H29NO. The normalized spacial score (nSPS) is 23.1. The second-order valence-corrected chi connectivity index (χ2v) is 7.64. The summed E-state index contributed by atoms with van der Waals surface area (Å²) in [6, 6.07) is 0.467. The summed E-state index contributed by atoms with van der Waals surface area (Å²) in [5, 5.41) is 3.35. The quantitative estimate of drug-likeness (QED) is 0.789. The van der Waals surface area contributed by atoms with Gasteiger partial charge in [-0.2, -0.15) is 0 Å². The van der Waals surface area contributed by atoms with Crippen molar-refractivity contribution in [2.45, 2.75) is 78.2 Å². The SMILES string of the molecule is CC(C)(C)CC(=O)NC(CC1CC1)C1CCCC1. The monoisotopic (exact) mass is 251 g/mol. The van der Waals surface area contributed by atoms with Crippen LogP contribution < -0.4 is 5.32 Å². The van der Waals surface area contributed by atoms with Crippen molar-refractivity contribution in [2.24, 2.45) is 17.3 Å². The Morgan fingerprint density at radius 1 is 1.17 bits per heavy atom. The number of hydrogen-bond acceptors (Lipinski definition) is 1. The summed E-state index contributed by atoms with van der Waals surface area (Å²) in [4.78, 5) is 12.1. The maximum Gasteiger partial charge on any atom is 0.220 e. The first kappa shape index (κ1) is 13.9. The largest absolute Gasteiger partial charge is 0.353 e. The molecule has 2 aliphatic carbocycles. The van der Waals surface area contributed by atoms with E-state index >= 15 is 0 Å². The second kappa shape index (κ2) is 5.63. The van der Waals surface area contributed by atoms with Crippen LogP contribution in [-0.2, 0) is 4.79 Å². The lowest BCUT2D eigenvalue weighted by atomic mass is 9.90. The molecule has 1 atom stereocenters. The molecule has 0 spiro atoms. The smallest absolute Gasteiger partial charge is 0.220 e. The van der Waals surface area contributed by atoms with Crippen LogP contribution in [0.2, 0.25) is 0 Å². The van der Waals surface area contributed by atoms with Crippen LogP contribution in [0.1, 0.15) is 72.1 Å². The first-order chi connectivity index (χ1) is 8.44. The zero-order valence-corrected chi connectivity index (χ0v) is 12.3. The fourth-order valence-electron chi connectivity index (χ4n) is 3.18. The maximum absolute atomic E-state index is 12.1. The summed E-state index contributed by atoms with van der Waals surface area (Å²) < 4.78 is 0. The van der Waals surface area contributed by atoms with Crippen molar-refractivity contribution < 1.29 is 4.79 Å². The van der Waals surface area contributed by atoms with Crippen molar-refractivity contribution in [1.82, 2.24) is 5.32 Å². The Morgan fingerprint density at radius 3 is 2.28 bits per heavy atom. The number of rotatable bonds is 5. The molecule has 0 aromatic rings. The van der Waals surface area contributed by atoms with E-state index in [0.717, 1.165) is 11.8 Å². The Hall–Kier alpha value is -0.530. The number of nitrogens with one attached hydrogen (secondary N) is 1. The lowest BCUT2D eigenvalue weighted by Crippen LogP contribution is -2.41. The molecule has 0 aromatic carbocycles. The summed E-state index contributed by atoms with van der Waals surface area (Å²) >= 11 is 0. The molecule has 1 amide bonds. The van der Waals surface area contributed by atoms with Gasteiger partial charge in [0.2, 0.25) is 5.91 Å². The average Bonchev–Trinajstić information content (AvgIpc) is 2.88. The molecule has 2 aliphatic rings. The van der Waals surface area contributed by atoms with Crippen LogP contribution in [0.25, 0.3) is 0 Å². The van der Waals surface area contributed by atoms with E-state index < -0.39 is 0 Å².